The summed E-state index contributed by atoms with van der Waals surface area (Å²) in [6.45, 7) is 1.45. The van der Waals surface area contributed by atoms with E-state index in [1.807, 2.05) is 0 Å². The fraction of sp³-hybridized carbons (Fsp3) is 0.143. The minimum atomic E-state index is -0.504. The first kappa shape index (κ1) is 21.4. The van der Waals surface area contributed by atoms with Crippen LogP contribution in [-0.4, -0.2) is 20.8 Å². The zero-order valence-corrected chi connectivity index (χ0v) is 17.7. The van der Waals surface area contributed by atoms with Gasteiger partial charge in [-0.3, -0.25) is 4.79 Å². The molecule has 0 saturated heterocycles. The van der Waals surface area contributed by atoms with Gasteiger partial charge in [0.15, 0.2) is 5.82 Å². The minimum absolute atomic E-state index is 0.0550. The predicted octanol–water partition coefficient (Wildman–Crippen LogP) is 3.07. The third kappa shape index (κ3) is 4.89. The number of nitrogens with one attached hydrogen (secondary N) is 1. The Morgan fingerprint density at radius 2 is 2.00 bits per heavy atom. The quantitative estimate of drug-likeness (QED) is 0.247. The largest absolute Gasteiger partial charge is 0.486 e. The van der Waals surface area contributed by atoms with Gasteiger partial charge in [0.1, 0.15) is 23.8 Å². The maximum Gasteiger partial charge on any atom is 0.336 e. The summed E-state index contributed by atoms with van der Waals surface area (Å²) in [5.74, 6) is 6.74. The van der Waals surface area contributed by atoms with Crippen LogP contribution in [0.25, 0.3) is 11.0 Å². The van der Waals surface area contributed by atoms with Crippen molar-refractivity contribution in [1.29, 1.82) is 0 Å². The molecule has 164 valence electrons. The summed E-state index contributed by atoms with van der Waals surface area (Å²) in [5.41, 5.74) is 1.12. The highest BCUT2D eigenvalue weighted by Crippen LogP contribution is 2.27. The first-order valence-electron chi connectivity index (χ1n) is 9.44. The second kappa shape index (κ2) is 9.10. The number of nitrogens with zero attached hydrogens (tertiary/aromatic N) is 3. The summed E-state index contributed by atoms with van der Waals surface area (Å²) in [6.07, 6.45) is 0. The Morgan fingerprint density at radius 1 is 1.22 bits per heavy atom. The maximum atomic E-state index is 13.0. The number of aromatic nitrogens is 3. The number of carbonyl (C=O) groups excluding carboxylic acids is 1. The maximum absolute atomic E-state index is 13.0. The summed E-state index contributed by atoms with van der Waals surface area (Å²) in [4.78, 5) is 23.3. The fourth-order valence-electron chi connectivity index (χ4n) is 2.96. The lowest BCUT2D eigenvalue weighted by atomic mass is 10.1. The molecule has 4 aromatic rings. The van der Waals surface area contributed by atoms with Gasteiger partial charge in [-0.1, -0.05) is 11.8 Å². The lowest BCUT2D eigenvalue weighted by Gasteiger charge is -2.08. The minimum Gasteiger partial charge on any atom is -0.486 e. The van der Waals surface area contributed by atoms with Crippen molar-refractivity contribution in [2.24, 2.45) is 0 Å². The molecule has 4 rings (SSSR count). The molecule has 0 bridgehead atoms. The molecule has 32 heavy (non-hydrogen) atoms. The molecule has 2 aromatic carbocycles. The zero-order chi connectivity index (χ0) is 22.7. The number of halogens is 1. The van der Waals surface area contributed by atoms with Crippen LogP contribution in [0, 0.1) is 5.82 Å². The van der Waals surface area contributed by atoms with Crippen molar-refractivity contribution in [1.82, 2.24) is 14.9 Å². The number of nitrogen functional groups attached to an aromatic ring is 1. The van der Waals surface area contributed by atoms with Gasteiger partial charge in [-0.2, -0.15) is 0 Å². The SMILES string of the molecule is CC(=O)Nc1ccc2c(CSc3nnc(COc4ccc(F)cc4)n3N)cc(=O)oc2c1. The van der Waals surface area contributed by atoms with E-state index in [4.69, 9.17) is 15.0 Å². The van der Waals surface area contributed by atoms with Gasteiger partial charge in [-0.25, -0.2) is 13.9 Å². The third-order valence-electron chi connectivity index (χ3n) is 4.42. The van der Waals surface area contributed by atoms with Crippen molar-refractivity contribution in [2.45, 2.75) is 24.4 Å². The van der Waals surface area contributed by atoms with Gasteiger partial charge >= 0.3 is 5.63 Å². The van der Waals surface area contributed by atoms with Crippen LogP contribution < -0.4 is 21.5 Å². The number of ether oxygens (including phenoxy) is 1. The Bertz CT molecular complexity index is 1340. The molecule has 9 nitrogen and oxygen atoms in total. The Balaban J connectivity index is 1.48. The van der Waals surface area contributed by atoms with E-state index in [0.717, 1.165) is 10.9 Å². The predicted molar refractivity (Wildman–Crippen MR) is 117 cm³/mol. The molecule has 0 spiro atoms. The number of hydrogen-bond donors (Lipinski definition) is 2. The first-order chi connectivity index (χ1) is 15.4. The number of benzene rings is 2. The van der Waals surface area contributed by atoms with E-state index in [-0.39, 0.29) is 18.3 Å². The van der Waals surface area contributed by atoms with Crippen LogP contribution in [0.5, 0.6) is 5.75 Å². The van der Waals surface area contributed by atoms with Crippen molar-refractivity contribution in [3.8, 4) is 5.75 Å². The van der Waals surface area contributed by atoms with Crippen LogP contribution in [0.1, 0.15) is 18.3 Å². The lowest BCUT2D eigenvalue weighted by Crippen LogP contribution is -2.15. The fourth-order valence-corrected chi connectivity index (χ4v) is 3.82. The second-order valence-electron chi connectivity index (χ2n) is 6.78. The monoisotopic (exact) mass is 455 g/mol. The van der Waals surface area contributed by atoms with Crippen LogP contribution in [0.3, 0.4) is 0 Å². The molecule has 0 aliphatic carbocycles. The molecular formula is C21H18FN5O4S. The molecule has 0 aliphatic rings. The molecule has 2 heterocycles. The van der Waals surface area contributed by atoms with Crippen molar-refractivity contribution in [3.63, 3.8) is 0 Å². The highest BCUT2D eigenvalue weighted by atomic mass is 32.2. The van der Waals surface area contributed by atoms with E-state index >= 15 is 0 Å². The molecule has 0 unspecified atom stereocenters. The van der Waals surface area contributed by atoms with E-state index in [1.165, 1.54) is 53.7 Å². The van der Waals surface area contributed by atoms with Crippen molar-refractivity contribution < 1.29 is 18.3 Å². The number of thioether (sulfide) groups is 1. The number of anilines is 1. The van der Waals surface area contributed by atoms with Gasteiger partial charge in [0.05, 0.1) is 0 Å². The number of carbonyl (C=O) groups is 1. The highest BCUT2D eigenvalue weighted by Gasteiger charge is 2.13. The average molecular weight is 455 g/mol. The van der Waals surface area contributed by atoms with Crippen LogP contribution in [-0.2, 0) is 17.2 Å². The number of nitrogens with two attached hydrogens (primary N) is 1. The summed E-state index contributed by atoms with van der Waals surface area (Å²) < 4.78 is 25.1. The number of amides is 1. The van der Waals surface area contributed by atoms with E-state index in [2.05, 4.69) is 15.5 Å². The number of hydrogen-bond acceptors (Lipinski definition) is 8. The first-order valence-corrected chi connectivity index (χ1v) is 10.4. The molecule has 11 heteroatoms. The van der Waals surface area contributed by atoms with Gasteiger partial charge in [0.2, 0.25) is 11.1 Å². The Hall–Kier alpha value is -3.86. The normalized spacial score (nSPS) is 10.9. The molecule has 2 aromatic heterocycles. The lowest BCUT2D eigenvalue weighted by molar-refractivity contribution is -0.114. The highest BCUT2D eigenvalue weighted by molar-refractivity contribution is 7.98. The van der Waals surface area contributed by atoms with Crippen molar-refractivity contribution in [2.75, 3.05) is 11.2 Å². The van der Waals surface area contributed by atoms with Gasteiger partial charge in [-0.05, 0) is 42.0 Å². The topological polar surface area (TPSA) is 125 Å². The number of fused-ring (bicyclic) bond motifs is 1. The van der Waals surface area contributed by atoms with E-state index in [9.17, 15) is 14.0 Å². The van der Waals surface area contributed by atoms with E-state index in [1.54, 1.807) is 18.2 Å². The molecule has 0 aliphatic heterocycles. The van der Waals surface area contributed by atoms with Crippen LogP contribution in [0.15, 0.2) is 62.9 Å². The Morgan fingerprint density at radius 3 is 2.75 bits per heavy atom. The van der Waals surface area contributed by atoms with E-state index < -0.39 is 5.63 Å². The zero-order valence-electron chi connectivity index (χ0n) is 16.9. The Labute approximate surface area is 185 Å². The van der Waals surface area contributed by atoms with Crippen molar-refractivity contribution >= 4 is 34.3 Å². The van der Waals surface area contributed by atoms with E-state index in [0.29, 0.717) is 33.8 Å². The van der Waals surface area contributed by atoms with Crippen molar-refractivity contribution in [3.05, 3.63) is 76.2 Å². The van der Waals surface area contributed by atoms with Crippen LogP contribution in [0.2, 0.25) is 0 Å². The smallest absolute Gasteiger partial charge is 0.336 e. The van der Waals surface area contributed by atoms with Gasteiger partial charge in [-0.15, -0.1) is 10.2 Å². The Kier molecular flexibility index (Phi) is 6.08. The molecular weight excluding hydrogens is 437 g/mol. The van der Waals surface area contributed by atoms with Gasteiger partial charge in [0, 0.05) is 35.9 Å². The molecule has 0 atom stereocenters. The molecule has 1 amide bonds. The van der Waals surface area contributed by atoms with Crippen LogP contribution >= 0.6 is 11.8 Å². The molecule has 0 saturated carbocycles. The molecule has 3 N–H and O–H groups in total. The summed E-state index contributed by atoms with van der Waals surface area (Å²) in [5, 5.41) is 11.9. The van der Waals surface area contributed by atoms with Gasteiger partial charge in [0.25, 0.3) is 0 Å². The molecule has 0 radical (unpaired) electrons. The summed E-state index contributed by atoms with van der Waals surface area (Å²) >= 11 is 1.29. The third-order valence-corrected chi connectivity index (χ3v) is 5.42. The number of rotatable bonds is 7. The molecule has 0 fully saturated rings. The van der Waals surface area contributed by atoms with Crippen LogP contribution in [0.4, 0.5) is 10.1 Å². The second-order valence-corrected chi connectivity index (χ2v) is 7.73. The van der Waals surface area contributed by atoms with Gasteiger partial charge < -0.3 is 20.3 Å². The standard InChI is InChI=1S/C21H18FN5O4S/c1-12(28)24-15-4-7-17-13(8-20(29)31-18(17)9-15)11-32-21-26-25-19(27(21)23)10-30-16-5-2-14(22)3-6-16/h2-9H,10-11,23H2,1H3,(H,24,28). The summed E-state index contributed by atoms with van der Waals surface area (Å²) in [6, 6.07) is 12.1. The average Bonchev–Trinajstić information content (AvgIpc) is 3.10. The summed E-state index contributed by atoms with van der Waals surface area (Å²) in [7, 11) is 0.